The van der Waals surface area contributed by atoms with Gasteiger partial charge in [-0.25, -0.2) is 9.78 Å². The lowest BCUT2D eigenvalue weighted by atomic mass is 9.89. The third kappa shape index (κ3) is 4.99. The third-order valence-corrected chi connectivity index (χ3v) is 6.66. The molecule has 1 aliphatic rings. The van der Waals surface area contributed by atoms with Gasteiger partial charge < -0.3 is 19.9 Å². The Morgan fingerprint density at radius 2 is 1.92 bits per heavy atom. The first kappa shape index (κ1) is 23.7. The van der Waals surface area contributed by atoms with Crippen LogP contribution in [0.15, 0.2) is 65.8 Å². The largest absolute Gasteiger partial charge is 0.462 e. The minimum absolute atomic E-state index is 0.226. The molecule has 0 unspecified atom stereocenters. The summed E-state index contributed by atoms with van der Waals surface area (Å²) in [6, 6.07) is 13.7. The first-order chi connectivity index (χ1) is 17.5. The quantitative estimate of drug-likeness (QED) is 0.383. The van der Waals surface area contributed by atoms with Crippen LogP contribution in [-0.2, 0) is 4.74 Å². The average Bonchev–Trinajstić information content (AvgIpc) is 2.90. The first-order valence-corrected chi connectivity index (χ1v) is 12.2. The molecule has 0 atom stereocenters. The van der Waals surface area contributed by atoms with Gasteiger partial charge in [-0.1, -0.05) is 12.1 Å². The summed E-state index contributed by atoms with van der Waals surface area (Å²) in [6.07, 6.45) is 7.04. The van der Waals surface area contributed by atoms with Gasteiger partial charge in [0.2, 0.25) is 0 Å². The Morgan fingerprint density at radius 3 is 2.67 bits per heavy atom. The Kier molecular flexibility index (Phi) is 6.77. The number of nitrogens with one attached hydrogen (secondary N) is 2. The lowest BCUT2D eigenvalue weighted by Crippen LogP contribution is -2.29. The molecule has 36 heavy (non-hydrogen) atoms. The molecule has 1 aliphatic heterocycles. The van der Waals surface area contributed by atoms with Crippen molar-refractivity contribution < 1.29 is 9.53 Å². The highest BCUT2D eigenvalue weighted by molar-refractivity contribution is 5.96. The van der Waals surface area contributed by atoms with E-state index in [0.29, 0.717) is 33.9 Å². The van der Waals surface area contributed by atoms with Crippen molar-refractivity contribution in [1.82, 2.24) is 19.9 Å². The van der Waals surface area contributed by atoms with Crippen LogP contribution >= 0.6 is 0 Å². The van der Waals surface area contributed by atoms with Crippen molar-refractivity contribution in [3.63, 3.8) is 0 Å². The number of ether oxygens (including phenoxy) is 1. The number of aromatic nitrogens is 3. The summed E-state index contributed by atoms with van der Waals surface area (Å²) in [5.74, 6) is 0.574. The molecule has 5 rings (SSSR count). The van der Waals surface area contributed by atoms with Crippen molar-refractivity contribution in [3.8, 4) is 11.3 Å². The lowest BCUT2D eigenvalue weighted by Gasteiger charge is -2.29. The smallest absolute Gasteiger partial charge is 0.339 e. The van der Waals surface area contributed by atoms with Crippen LogP contribution < -0.4 is 10.9 Å². The number of H-pyrrole nitrogens is 1. The highest BCUT2D eigenvalue weighted by atomic mass is 16.5. The summed E-state index contributed by atoms with van der Waals surface area (Å²) in [7, 11) is 2.17. The highest BCUT2D eigenvalue weighted by Crippen LogP contribution is 2.31. The summed E-state index contributed by atoms with van der Waals surface area (Å²) in [5.41, 5.74) is 3.55. The topological polar surface area (TPSA) is 100 Å². The lowest BCUT2D eigenvalue weighted by molar-refractivity contribution is 0.0526. The van der Waals surface area contributed by atoms with Crippen LogP contribution in [-0.4, -0.2) is 52.6 Å². The Labute approximate surface area is 209 Å². The zero-order chi connectivity index (χ0) is 25.1. The zero-order valence-corrected chi connectivity index (χ0v) is 20.5. The maximum Gasteiger partial charge on any atom is 0.339 e. The second kappa shape index (κ2) is 10.3. The first-order valence-electron chi connectivity index (χ1n) is 12.2. The number of benzene rings is 1. The second-order valence-corrected chi connectivity index (χ2v) is 9.13. The van der Waals surface area contributed by atoms with Crippen molar-refractivity contribution in [2.24, 2.45) is 0 Å². The van der Waals surface area contributed by atoms with Gasteiger partial charge in [0.25, 0.3) is 5.56 Å². The van der Waals surface area contributed by atoms with Crippen molar-refractivity contribution in [2.75, 3.05) is 32.1 Å². The Balaban J connectivity index is 1.49. The summed E-state index contributed by atoms with van der Waals surface area (Å²) >= 11 is 0. The summed E-state index contributed by atoms with van der Waals surface area (Å²) in [6.45, 7) is 4.27. The van der Waals surface area contributed by atoms with E-state index in [0.717, 1.165) is 37.0 Å². The van der Waals surface area contributed by atoms with Crippen LogP contribution in [0, 0.1) is 0 Å². The standard InChI is InChI=1S/C28H29N5O3/c1-3-36-28(35)22-14-21(16-29-17-22)24-15-20-8-11-30-27(34)25(20)26(32-24)31-23-6-4-18(5-7-23)19-9-12-33(2)13-10-19/h4-8,11,14-17,19H,3,9-10,12-13H2,1-2H3,(H,30,34)(H,31,32). The zero-order valence-electron chi connectivity index (χ0n) is 20.5. The molecule has 184 valence electrons. The molecule has 0 radical (unpaired) electrons. The van der Waals surface area contributed by atoms with Crippen LogP contribution in [0.2, 0.25) is 0 Å². The number of pyridine rings is 3. The molecule has 1 aromatic carbocycles. The molecule has 0 saturated carbocycles. The van der Waals surface area contributed by atoms with Gasteiger partial charge in [-0.3, -0.25) is 9.78 Å². The molecule has 4 heterocycles. The number of piperidine rings is 1. The SMILES string of the molecule is CCOC(=O)c1cncc(-c2cc3cc[nH]c(=O)c3c(Nc3ccc(C4CCN(C)CC4)cc3)n2)c1. The summed E-state index contributed by atoms with van der Waals surface area (Å²) in [4.78, 5) is 39.0. The van der Waals surface area contributed by atoms with E-state index in [1.54, 1.807) is 25.4 Å². The molecule has 0 spiro atoms. The molecule has 1 saturated heterocycles. The van der Waals surface area contributed by atoms with Crippen molar-refractivity contribution in [2.45, 2.75) is 25.7 Å². The van der Waals surface area contributed by atoms with E-state index in [1.807, 2.05) is 24.3 Å². The van der Waals surface area contributed by atoms with E-state index in [9.17, 15) is 9.59 Å². The van der Waals surface area contributed by atoms with Gasteiger partial charge in [0.1, 0.15) is 5.82 Å². The number of carbonyl (C=O) groups excluding carboxylic acids is 1. The minimum Gasteiger partial charge on any atom is -0.462 e. The number of aromatic amines is 1. The van der Waals surface area contributed by atoms with Gasteiger partial charge in [-0.2, -0.15) is 0 Å². The molecule has 1 fully saturated rings. The van der Waals surface area contributed by atoms with Gasteiger partial charge in [-0.15, -0.1) is 0 Å². The number of carbonyl (C=O) groups is 1. The van der Waals surface area contributed by atoms with E-state index in [2.05, 4.69) is 39.4 Å². The highest BCUT2D eigenvalue weighted by Gasteiger charge is 2.18. The maximum atomic E-state index is 12.7. The Hall–Kier alpha value is -4.04. The van der Waals surface area contributed by atoms with Crippen molar-refractivity contribution >= 4 is 28.2 Å². The molecule has 3 aromatic heterocycles. The third-order valence-electron chi connectivity index (χ3n) is 6.66. The van der Waals surface area contributed by atoms with E-state index >= 15 is 0 Å². The molecule has 2 N–H and O–H groups in total. The van der Waals surface area contributed by atoms with E-state index in [4.69, 9.17) is 9.72 Å². The molecule has 0 aliphatic carbocycles. The van der Waals surface area contributed by atoms with Crippen molar-refractivity contribution in [1.29, 1.82) is 0 Å². The fourth-order valence-corrected chi connectivity index (χ4v) is 4.68. The van der Waals surface area contributed by atoms with E-state index in [-0.39, 0.29) is 12.2 Å². The average molecular weight is 484 g/mol. The summed E-state index contributed by atoms with van der Waals surface area (Å²) < 4.78 is 5.11. The number of rotatable bonds is 6. The Morgan fingerprint density at radius 1 is 1.14 bits per heavy atom. The molecule has 0 bridgehead atoms. The second-order valence-electron chi connectivity index (χ2n) is 9.13. The number of nitrogens with zero attached hydrogens (tertiary/aromatic N) is 3. The molecule has 8 nitrogen and oxygen atoms in total. The van der Waals surface area contributed by atoms with Crippen LogP contribution in [0.3, 0.4) is 0 Å². The van der Waals surface area contributed by atoms with Gasteiger partial charge in [0.05, 0.1) is 23.3 Å². The summed E-state index contributed by atoms with van der Waals surface area (Å²) in [5, 5.41) is 4.54. The van der Waals surface area contributed by atoms with Gasteiger partial charge in [-0.05, 0) is 87.1 Å². The number of anilines is 2. The van der Waals surface area contributed by atoms with E-state index < -0.39 is 5.97 Å². The molecule has 0 amide bonds. The van der Waals surface area contributed by atoms with Gasteiger partial charge >= 0.3 is 5.97 Å². The molecule has 8 heteroatoms. The number of hydrogen-bond donors (Lipinski definition) is 2. The molecular weight excluding hydrogens is 454 g/mol. The molecular formula is C28H29N5O3. The fraction of sp³-hybridized carbons (Fsp3) is 0.286. The normalized spacial score (nSPS) is 14.6. The van der Waals surface area contributed by atoms with E-state index in [1.165, 1.54) is 11.8 Å². The number of fused-ring (bicyclic) bond motifs is 1. The van der Waals surface area contributed by atoms with Crippen LogP contribution in [0.25, 0.3) is 22.0 Å². The minimum atomic E-state index is -0.438. The predicted molar refractivity (Wildman–Crippen MR) is 141 cm³/mol. The predicted octanol–water partition coefficient (Wildman–Crippen LogP) is 4.71. The van der Waals surface area contributed by atoms with Crippen LogP contribution in [0.1, 0.15) is 41.6 Å². The van der Waals surface area contributed by atoms with Crippen LogP contribution in [0.4, 0.5) is 11.5 Å². The fourth-order valence-electron chi connectivity index (χ4n) is 4.68. The monoisotopic (exact) mass is 483 g/mol. The van der Waals surface area contributed by atoms with Crippen molar-refractivity contribution in [3.05, 3.63) is 82.5 Å². The maximum absolute atomic E-state index is 12.7. The number of esters is 1. The van der Waals surface area contributed by atoms with Gasteiger partial charge in [0, 0.05) is 29.8 Å². The van der Waals surface area contributed by atoms with Gasteiger partial charge in [0.15, 0.2) is 0 Å². The Bertz CT molecular complexity index is 1440. The van der Waals surface area contributed by atoms with Crippen LogP contribution in [0.5, 0.6) is 0 Å². The number of likely N-dealkylation sites (tertiary alicyclic amines) is 1. The molecule has 4 aromatic rings. The number of hydrogen-bond acceptors (Lipinski definition) is 7.